The Hall–Kier alpha value is -1.62. The van der Waals surface area contributed by atoms with Crippen molar-refractivity contribution in [1.29, 1.82) is 0 Å². The standard InChI is InChI=1S/C15H20O2/c1-4-6-7-8-9-13-10-11-14(17-5-2)15(12-13)16-3/h10-12H,4-5,8-9H2,1-3H3. The van der Waals surface area contributed by atoms with Gasteiger partial charge in [0.25, 0.3) is 0 Å². The molecule has 1 aromatic carbocycles. The first-order valence-electron chi connectivity index (χ1n) is 6.07. The highest BCUT2D eigenvalue weighted by atomic mass is 16.5. The second kappa shape index (κ2) is 7.62. The van der Waals surface area contributed by atoms with Crippen LogP contribution in [0.15, 0.2) is 18.2 Å². The van der Waals surface area contributed by atoms with Crippen LogP contribution in [0.1, 0.15) is 32.3 Å². The zero-order valence-corrected chi connectivity index (χ0v) is 10.9. The minimum absolute atomic E-state index is 0.650. The highest BCUT2D eigenvalue weighted by molar-refractivity contribution is 5.43. The van der Waals surface area contributed by atoms with Gasteiger partial charge in [-0.1, -0.05) is 13.0 Å². The van der Waals surface area contributed by atoms with Gasteiger partial charge in [-0.3, -0.25) is 0 Å². The van der Waals surface area contributed by atoms with Gasteiger partial charge in [-0.2, -0.15) is 0 Å². The summed E-state index contributed by atoms with van der Waals surface area (Å²) in [6, 6.07) is 6.06. The largest absolute Gasteiger partial charge is 0.493 e. The average molecular weight is 232 g/mol. The molecule has 0 atom stereocenters. The Labute approximate surface area is 104 Å². The first kappa shape index (κ1) is 13.4. The summed E-state index contributed by atoms with van der Waals surface area (Å²) in [5, 5.41) is 0. The molecule has 0 unspecified atom stereocenters. The molecular weight excluding hydrogens is 212 g/mol. The van der Waals surface area contributed by atoms with Gasteiger partial charge in [-0.15, -0.1) is 11.8 Å². The normalized spacial score (nSPS) is 9.35. The molecule has 0 aliphatic rings. The van der Waals surface area contributed by atoms with Gasteiger partial charge in [-0.05, 0) is 31.0 Å². The van der Waals surface area contributed by atoms with Crippen LogP contribution in [0.25, 0.3) is 0 Å². The molecule has 0 radical (unpaired) electrons. The van der Waals surface area contributed by atoms with Crippen molar-refractivity contribution in [1.82, 2.24) is 0 Å². The summed E-state index contributed by atoms with van der Waals surface area (Å²) in [5.74, 6) is 7.81. The Bertz CT molecular complexity index is 399. The quantitative estimate of drug-likeness (QED) is 0.724. The van der Waals surface area contributed by atoms with E-state index in [0.29, 0.717) is 6.61 Å². The van der Waals surface area contributed by atoms with E-state index < -0.39 is 0 Å². The Morgan fingerprint density at radius 1 is 1.12 bits per heavy atom. The van der Waals surface area contributed by atoms with E-state index in [-0.39, 0.29) is 0 Å². The van der Waals surface area contributed by atoms with E-state index in [2.05, 4.69) is 24.8 Å². The highest BCUT2D eigenvalue weighted by Crippen LogP contribution is 2.28. The third kappa shape index (κ3) is 4.40. The second-order valence-electron chi connectivity index (χ2n) is 3.63. The average Bonchev–Trinajstić information content (AvgIpc) is 2.36. The molecule has 0 N–H and O–H groups in total. The molecule has 1 rings (SSSR count). The number of methoxy groups -OCH3 is 1. The minimum atomic E-state index is 0.650. The Balaban J connectivity index is 2.68. The van der Waals surface area contributed by atoms with Gasteiger partial charge >= 0.3 is 0 Å². The summed E-state index contributed by atoms with van der Waals surface area (Å²) in [7, 11) is 1.67. The predicted octanol–water partition coefficient (Wildman–Crippen LogP) is 3.44. The summed E-state index contributed by atoms with van der Waals surface area (Å²) < 4.78 is 10.8. The molecular formula is C15H20O2. The maximum atomic E-state index is 5.47. The molecule has 0 heterocycles. The number of hydrogen-bond donors (Lipinski definition) is 0. The fraction of sp³-hybridized carbons (Fsp3) is 0.467. The molecule has 0 saturated heterocycles. The van der Waals surface area contributed by atoms with Gasteiger partial charge < -0.3 is 9.47 Å². The zero-order valence-electron chi connectivity index (χ0n) is 10.9. The zero-order chi connectivity index (χ0) is 12.5. The predicted molar refractivity (Wildman–Crippen MR) is 70.6 cm³/mol. The van der Waals surface area contributed by atoms with Crippen LogP contribution in [0, 0.1) is 11.8 Å². The summed E-state index contributed by atoms with van der Waals surface area (Å²) in [4.78, 5) is 0. The van der Waals surface area contributed by atoms with Gasteiger partial charge in [0.1, 0.15) is 0 Å². The van der Waals surface area contributed by atoms with Crippen LogP contribution in [0.4, 0.5) is 0 Å². The first-order valence-corrected chi connectivity index (χ1v) is 6.07. The molecule has 0 aliphatic carbocycles. The number of rotatable bonds is 5. The van der Waals surface area contributed by atoms with Crippen molar-refractivity contribution >= 4 is 0 Å². The minimum Gasteiger partial charge on any atom is -0.493 e. The van der Waals surface area contributed by atoms with Crippen LogP contribution in [0.3, 0.4) is 0 Å². The van der Waals surface area contributed by atoms with Crippen molar-refractivity contribution in [3.63, 3.8) is 0 Å². The lowest BCUT2D eigenvalue weighted by Crippen LogP contribution is -1.96. The molecule has 0 saturated carbocycles. The van der Waals surface area contributed by atoms with Crippen molar-refractivity contribution < 1.29 is 9.47 Å². The molecule has 0 bridgehead atoms. The van der Waals surface area contributed by atoms with Gasteiger partial charge in [0.05, 0.1) is 13.7 Å². The van der Waals surface area contributed by atoms with Crippen LogP contribution in [0.5, 0.6) is 11.5 Å². The van der Waals surface area contributed by atoms with Crippen LogP contribution in [-0.2, 0) is 6.42 Å². The number of hydrogen-bond acceptors (Lipinski definition) is 2. The van der Waals surface area contributed by atoms with E-state index in [1.807, 2.05) is 19.1 Å². The number of ether oxygens (including phenoxy) is 2. The molecule has 2 nitrogen and oxygen atoms in total. The third-order valence-corrected chi connectivity index (χ3v) is 2.37. The topological polar surface area (TPSA) is 18.5 Å². The van der Waals surface area contributed by atoms with Crippen LogP contribution >= 0.6 is 0 Å². The first-order chi connectivity index (χ1) is 8.31. The van der Waals surface area contributed by atoms with Crippen molar-refractivity contribution in [3.8, 4) is 23.3 Å². The lowest BCUT2D eigenvalue weighted by molar-refractivity contribution is 0.310. The van der Waals surface area contributed by atoms with Gasteiger partial charge in [0.2, 0.25) is 0 Å². The fourth-order valence-corrected chi connectivity index (χ4v) is 1.56. The molecule has 2 heteroatoms. The number of aryl methyl sites for hydroxylation is 1. The van der Waals surface area contributed by atoms with E-state index in [0.717, 1.165) is 30.8 Å². The molecule has 17 heavy (non-hydrogen) atoms. The Morgan fingerprint density at radius 3 is 2.59 bits per heavy atom. The molecule has 0 amide bonds. The van der Waals surface area contributed by atoms with Crippen molar-refractivity contribution in [2.45, 2.75) is 33.1 Å². The second-order valence-corrected chi connectivity index (χ2v) is 3.63. The van der Waals surface area contributed by atoms with Crippen LogP contribution in [0.2, 0.25) is 0 Å². The van der Waals surface area contributed by atoms with Crippen LogP contribution in [-0.4, -0.2) is 13.7 Å². The Morgan fingerprint density at radius 2 is 1.94 bits per heavy atom. The van der Waals surface area contributed by atoms with E-state index >= 15 is 0 Å². The monoisotopic (exact) mass is 232 g/mol. The summed E-state index contributed by atoms with van der Waals surface area (Å²) in [6.45, 7) is 4.68. The van der Waals surface area contributed by atoms with Crippen molar-refractivity contribution in [2.75, 3.05) is 13.7 Å². The molecule has 0 fully saturated rings. The summed E-state index contributed by atoms with van der Waals surface area (Å²) in [5.41, 5.74) is 1.23. The SMILES string of the molecule is CCC#CCCc1ccc(OCC)c(OC)c1. The highest BCUT2D eigenvalue weighted by Gasteiger charge is 2.04. The van der Waals surface area contributed by atoms with Gasteiger partial charge in [0, 0.05) is 12.8 Å². The van der Waals surface area contributed by atoms with Gasteiger partial charge in [0.15, 0.2) is 11.5 Å². The van der Waals surface area contributed by atoms with E-state index in [1.54, 1.807) is 7.11 Å². The van der Waals surface area contributed by atoms with Crippen LogP contribution < -0.4 is 9.47 Å². The smallest absolute Gasteiger partial charge is 0.161 e. The van der Waals surface area contributed by atoms with E-state index in [9.17, 15) is 0 Å². The molecule has 0 aliphatic heterocycles. The van der Waals surface area contributed by atoms with E-state index in [1.165, 1.54) is 5.56 Å². The molecule has 0 spiro atoms. The van der Waals surface area contributed by atoms with Crippen molar-refractivity contribution in [3.05, 3.63) is 23.8 Å². The molecule has 1 aromatic rings. The molecule has 92 valence electrons. The fourth-order valence-electron chi connectivity index (χ4n) is 1.56. The van der Waals surface area contributed by atoms with Gasteiger partial charge in [-0.25, -0.2) is 0 Å². The van der Waals surface area contributed by atoms with Crippen molar-refractivity contribution in [2.24, 2.45) is 0 Å². The van der Waals surface area contributed by atoms with E-state index in [4.69, 9.17) is 9.47 Å². The molecule has 0 aromatic heterocycles. The lowest BCUT2D eigenvalue weighted by atomic mass is 10.1. The Kier molecular flexibility index (Phi) is 6.03. The maximum Gasteiger partial charge on any atom is 0.161 e. The third-order valence-electron chi connectivity index (χ3n) is 2.37. The number of benzene rings is 1. The lowest BCUT2D eigenvalue weighted by Gasteiger charge is -2.10. The summed E-state index contributed by atoms with van der Waals surface area (Å²) >= 11 is 0. The summed E-state index contributed by atoms with van der Waals surface area (Å²) in [6.07, 6.45) is 2.77. The maximum absolute atomic E-state index is 5.47.